The summed E-state index contributed by atoms with van der Waals surface area (Å²) >= 11 is 0. The summed E-state index contributed by atoms with van der Waals surface area (Å²) in [6, 6.07) is 11.0. The maximum atomic E-state index is 12.1. The molecule has 1 aromatic heterocycles. The standard InChI is InChI=1S/C16H14N2O2/c1-10-5-11(2)7-13(6-10)20-16(19)12-3-4-14-15(8-12)18-9-17-14/h3-9H,1-2H3,(H,17,18). The number of benzene rings is 2. The van der Waals surface area contributed by atoms with Gasteiger partial charge in [0.25, 0.3) is 0 Å². The van der Waals surface area contributed by atoms with Gasteiger partial charge in [0.05, 0.1) is 22.9 Å². The third kappa shape index (κ3) is 2.40. The third-order valence-electron chi connectivity index (χ3n) is 3.06. The molecule has 3 aromatic rings. The Bertz CT molecular complexity index is 770. The molecule has 20 heavy (non-hydrogen) atoms. The number of aromatic amines is 1. The summed E-state index contributed by atoms with van der Waals surface area (Å²) in [6.45, 7) is 3.95. The summed E-state index contributed by atoms with van der Waals surface area (Å²) in [4.78, 5) is 19.2. The minimum atomic E-state index is -0.369. The number of imidazole rings is 1. The number of hydrogen-bond donors (Lipinski definition) is 1. The fourth-order valence-electron chi connectivity index (χ4n) is 2.22. The second kappa shape index (κ2) is 4.81. The second-order valence-corrected chi connectivity index (χ2v) is 4.85. The Kier molecular flexibility index (Phi) is 2.99. The molecular weight excluding hydrogens is 252 g/mol. The number of ether oxygens (including phenoxy) is 1. The molecule has 3 rings (SSSR count). The van der Waals surface area contributed by atoms with E-state index in [2.05, 4.69) is 9.97 Å². The zero-order valence-electron chi connectivity index (χ0n) is 11.3. The molecule has 0 amide bonds. The van der Waals surface area contributed by atoms with Gasteiger partial charge in [-0.2, -0.15) is 0 Å². The molecular formula is C16H14N2O2. The molecule has 4 heteroatoms. The molecule has 0 aliphatic carbocycles. The molecule has 0 bridgehead atoms. The van der Waals surface area contributed by atoms with Crippen LogP contribution in [0.25, 0.3) is 11.0 Å². The summed E-state index contributed by atoms with van der Waals surface area (Å²) in [6.07, 6.45) is 1.60. The highest BCUT2D eigenvalue weighted by Crippen LogP contribution is 2.19. The van der Waals surface area contributed by atoms with Crippen molar-refractivity contribution in [1.29, 1.82) is 0 Å². The van der Waals surface area contributed by atoms with Gasteiger partial charge in [0.1, 0.15) is 5.75 Å². The summed E-state index contributed by atoms with van der Waals surface area (Å²) < 4.78 is 5.41. The predicted octanol–water partition coefficient (Wildman–Crippen LogP) is 3.40. The lowest BCUT2D eigenvalue weighted by Gasteiger charge is -2.06. The summed E-state index contributed by atoms with van der Waals surface area (Å²) in [5, 5.41) is 0. The molecule has 0 aliphatic rings. The van der Waals surface area contributed by atoms with Crippen molar-refractivity contribution < 1.29 is 9.53 Å². The topological polar surface area (TPSA) is 55.0 Å². The number of H-pyrrole nitrogens is 1. The monoisotopic (exact) mass is 266 g/mol. The average molecular weight is 266 g/mol. The Labute approximate surface area is 116 Å². The van der Waals surface area contributed by atoms with Gasteiger partial charge in [0, 0.05) is 0 Å². The maximum absolute atomic E-state index is 12.1. The van der Waals surface area contributed by atoms with Crippen LogP contribution in [-0.4, -0.2) is 15.9 Å². The van der Waals surface area contributed by atoms with E-state index in [1.807, 2.05) is 32.0 Å². The van der Waals surface area contributed by atoms with Crippen molar-refractivity contribution in [3.63, 3.8) is 0 Å². The maximum Gasteiger partial charge on any atom is 0.343 e. The number of nitrogens with zero attached hydrogens (tertiary/aromatic N) is 1. The van der Waals surface area contributed by atoms with Crippen molar-refractivity contribution >= 4 is 17.0 Å². The molecule has 1 heterocycles. The molecule has 4 nitrogen and oxygen atoms in total. The van der Waals surface area contributed by atoms with Crippen LogP contribution in [0.2, 0.25) is 0 Å². The van der Waals surface area contributed by atoms with Crippen LogP contribution in [0.15, 0.2) is 42.7 Å². The third-order valence-corrected chi connectivity index (χ3v) is 3.06. The van der Waals surface area contributed by atoms with Crippen LogP contribution in [0.4, 0.5) is 0 Å². The average Bonchev–Trinajstić information content (AvgIpc) is 2.84. The van der Waals surface area contributed by atoms with Crippen molar-refractivity contribution in [2.45, 2.75) is 13.8 Å². The molecule has 0 saturated heterocycles. The van der Waals surface area contributed by atoms with Gasteiger partial charge >= 0.3 is 5.97 Å². The Hall–Kier alpha value is -2.62. The Balaban J connectivity index is 1.88. The van der Waals surface area contributed by atoms with Crippen molar-refractivity contribution in [3.05, 3.63) is 59.4 Å². The number of fused-ring (bicyclic) bond motifs is 1. The normalized spacial score (nSPS) is 10.7. The largest absolute Gasteiger partial charge is 0.423 e. The highest BCUT2D eigenvalue weighted by Gasteiger charge is 2.10. The van der Waals surface area contributed by atoms with E-state index in [0.717, 1.165) is 22.2 Å². The van der Waals surface area contributed by atoms with E-state index < -0.39 is 0 Å². The van der Waals surface area contributed by atoms with E-state index in [1.165, 1.54) is 0 Å². The van der Waals surface area contributed by atoms with Crippen LogP contribution in [0, 0.1) is 13.8 Å². The van der Waals surface area contributed by atoms with Crippen LogP contribution in [0.3, 0.4) is 0 Å². The number of hydrogen-bond acceptors (Lipinski definition) is 3. The van der Waals surface area contributed by atoms with E-state index in [4.69, 9.17) is 4.74 Å². The van der Waals surface area contributed by atoms with E-state index in [-0.39, 0.29) is 5.97 Å². The molecule has 0 aliphatic heterocycles. The van der Waals surface area contributed by atoms with Crippen LogP contribution in [0.1, 0.15) is 21.5 Å². The first kappa shape index (κ1) is 12.4. The number of aryl methyl sites for hydroxylation is 2. The molecule has 0 spiro atoms. The minimum Gasteiger partial charge on any atom is -0.423 e. The number of carbonyl (C=O) groups is 1. The van der Waals surface area contributed by atoms with E-state index in [1.54, 1.807) is 24.5 Å². The van der Waals surface area contributed by atoms with Gasteiger partial charge in [-0.3, -0.25) is 0 Å². The van der Waals surface area contributed by atoms with Crippen LogP contribution < -0.4 is 4.74 Å². The van der Waals surface area contributed by atoms with E-state index in [9.17, 15) is 4.79 Å². The van der Waals surface area contributed by atoms with Crippen molar-refractivity contribution in [3.8, 4) is 5.75 Å². The van der Waals surface area contributed by atoms with Crippen LogP contribution in [-0.2, 0) is 0 Å². The molecule has 0 atom stereocenters. The zero-order chi connectivity index (χ0) is 14.1. The summed E-state index contributed by atoms with van der Waals surface area (Å²) in [5.74, 6) is 0.198. The number of esters is 1. The molecule has 0 saturated carbocycles. The lowest BCUT2D eigenvalue weighted by Crippen LogP contribution is -2.08. The lowest BCUT2D eigenvalue weighted by molar-refractivity contribution is 0.0735. The van der Waals surface area contributed by atoms with E-state index in [0.29, 0.717) is 11.3 Å². The number of carbonyl (C=O) groups excluding carboxylic acids is 1. The van der Waals surface area contributed by atoms with Gasteiger partial charge < -0.3 is 9.72 Å². The quantitative estimate of drug-likeness (QED) is 0.571. The number of aromatic nitrogens is 2. The molecule has 1 N–H and O–H groups in total. The van der Waals surface area contributed by atoms with Crippen LogP contribution in [0.5, 0.6) is 5.75 Å². The van der Waals surface area contributed by atoms with Crippen LogP contribution >= 0.6 is 0 Å². The van der Waals surface area contributed by atoms with Crippen molar-refractivity contribution in [2.75, 3.05) is 0 Å². The van der Waals surface area contributed by atoms with E-state index >= 15 is 0 Å². The van der Waals surface area contributed by atoms with Crippen molar-refractivity contribution in [1.82, 2.24) is 9.97 Å². The first-order chi connectivity index (χ1) is 9.61. The molecule has 0 unspecified atom stereocenters. The predicted molar refractivity (Wildman–Crippen MR) is 77.0 cm³/mol. The lowest BCUT2D eigenvalue weighted by atomic mass is 10.1. The number of rotatable bonds is 2. The fraction of sp³-hybridized carbons (Fsp3) is 0.125. The first-order valence-electron chi connectivity index (χ1n) is 6.35. The Morgan fingerprint density at radius 1 is 1.10 bits per heavy atom. The second-order valence-electron chi connectivity index (χ2n) is 4.85. The molecule has 0 radical (unpaired) electrons. The fourth-order valence-corrected chi connectivity index (χ4v) is 2.22. The Morgan fingerprint density at radius 3 is 2.60 bits per heavy atom. The molecule has 0 fully saturated rings. The van der Waals surface area contributed by atoms with Gasteiger partial charge in [-0.15, -0.1) is 0 Å². The SMILES string of the molecule is Cc1cc(C)cc(OC(=O)c2ccc3nc[nH]c3c2)c1. The highest BCUT2D eigenvalue weighted by atomic mass is 16.5. The van der Waals surface area contributed by atoms with Gasteiger partial charge in [-0.05, 0) is 55.3 Å². The minimum absolute atomic E-state index is 0.369. The van der Waals surface area contributed by atoms with Gasteiger partial charge in [-0.1, -0.05) is 6.07 Å². The van der Waals surface area contributed by atoms with Gasteiger partial charge in [-0.25, -0.2) is 9.78 Å². The first-order valence-corrected chi connectivity index (χ1v) is 6.35. The summed E-state index contributed by atoms with van der Waals surface area (Å²) in [7, 11) is 0. The molecule has 2 aromatic carbocycles. The molecule has 100 valence electrons. The smallest absolute Gasteiger partial charge is 0.343 e. The van der Waals surface area contributed by atoms with Gasteiger partial charge in [0.15, 0.2) is 0 Å². The zero-order valence-corrected chi connectivity index (χ0v) is 11.3. The van der Waals surface area contributed by atoms with Crippen molar-refractivity contribution in [2.24, 2.45) is 0 Å². The van der Waals surface area contributed by atoms with Gasteiger partial charge in [0.2, 0.25) is 0 Å². The highest BCUT2D eigenvalue weighted by molar-refractivity contribution is 5.94. The Morgan fingerprint density at radius 2 is 1.85 bits per heavy atom. The summed E-state index contributed by atoms with van der Waals surface area (Å²) in [5.41, 5.74) is 4.28. The number of nitrogens with one attached hydrogen (secondary N) is 1.